The number of fused-ring (bicyclic) bond motifs is 1. The molecular formula is C16H24N4O3. The highest BCUT2D eigenvalue weighted by molar-refractivity contribution is 5.96. The molecule has 1 N–H and O–H groups in total. The lowest BCUT2D eigenvalue weighted by molar-refractivity contribution is -0.128. The van der Waals surface area contributed by atoms with E-state index in [1.54, 1.807) is 16.6 Å². The topological polar surface area (TPSA) is 76.5 Å². The summed E-state index contributed by atoms with van der Waals surface area (Å²) in [7, 11) is 1.62. The number of nitrogens with one attached hydrogen (secondary N) is 1. The zero-order valence-corrected chi connectivity index (χ0v) is 14.1. The first-order chi connectivity index (χ1) is 11.0. The van der Waals surface area contributed by atoms with E-state index in [1.807, 2.05) is 20.8 Å². The smallest absolute Gasteiger partial charge is 0.272 e. The van der Waals surface area contributed by atoms with Crippen LogP contribution < -0.4 is 5.32 Å². The molecular weight excluding hydrogens is 296 g/mol. The maximum atomic E-state index is 12.9. The molecule has 1 aromatic heterocycles. The molecule has 2 aliphatic rings. The average Bonchev–Trinajstić information content (AvgIpc) is 2.83. The fraction of sp³-hybridized carbons (Fsp3) is 0.688. The quantitative estimate of drug-likeness (QED) is 0.891. The number of aromatic nitrogens is 2. The highest BCUT2D eigenvalue weighted by Crippen LogP contribution is 2.33. The standard InChI is InChI=1S/C16H24N4O3/c1-5-20-14(12-6-9(2)23-10(3)13(12)18-20)16(22)19-7-11(8-19)15(21)17-4/h9-11H,5-8H2,1-4H3,(H,17,21)/t9-,10+/m0/s1. The molecule has 0 aliphatic carbocycles. The summed E-state index contributed by atoms with van der Waals surface area (Å²) in [6.45, 7) is 7.56. The van der Waals surface area contributed by atoms with Crippen LogP contribution >= 0.6 is 0 Å². The normalized spacial score (nSPS) is 24.1. The third-order valence-corrected chi connectivity index (χ3v) is 4.68. The molecule has 2 amide bonds. The third-order valence-electron chi connectivity index (χ3n) is 4.68. The Balaban J connectivity index is 1.85. The van der Waals surface area contributed by atoms with Crippen LogP contribution in [0.5, 0.6) is 0 Å². The summed E-state index contributed by atoms with van der Waals surface area (Å²) in [6, 6.07) is 0. The van der Waals surface area contributed by atoms with Gasteiger partial charge in [0, 0.05) is 38.7 Å². The molecule has 3 rings (SSSR count). The minimum absolute atomic E-state index is 0.00396. The zero-order chi connectivity index (χ0) is 16.7. The first kappa shape index (κ1) is 16.0. The summed E-state index contributed by atoms with van der Waals surface area (Å²) in [6.07, 6.45) is 0.685. The first-order valence-electron chi connectivity index (χ1n) is 8.22. The van der Waals surface area contributed by atoms with Crippen LogP contribution in [0.4, 0.5) is 0 Å². The van der Waals surface area contributed by atoms with Crippen molar-refractivity contribution in [3.8, 4) is 0 Å². The third kappa shape index (κ3) is 2.63. The SMILES string of the molecule is CCn1nc2c(c1C(=O)N1CC(C(=O)NC)C1)C[C@H](C)O[C@@H]2C. The number of hydrogen-bond donors (Lipinski definition) is 1. The fourth-order valence-corrected chi connectivity index (χ4v) is 3.43. The predicted molar refractivity (Wildman–Crippen MR) is 84.0 cm³/mol. The lowest BCUT2D eigenvalue weighted by Crippen LogP contribution is -2.55. The molecule has 0 saturated carbocycles. The molecule has 0 spiro atoms. The van der Waals surface area contributed by atoms with Crippen molar-refractivity contribution >= 4 is 11.8 Å². The second-order valence-corrected chi connectivity index (χ2v) is 6.34. The first-order valence-corrected chi connectivity index (χ1v) is 8.22. The van der Waals surface area contributed by atoms with Gasteiger partial charge in [-0.25, -0.2) is 0 Å². The van der Waals surface area contributed by atoms with E-state index >= 15 is 0 Å². The molecule has 1 aromatic rings. The number of hydrogen-bond acceptors (Lipinski definition) is 4. The molecule has 3 heterocycles. The van der Waals surface area contributed by atoms with E-state index in [-0.39, 0.29) is 29.9 Å². The van der Waals surface area contributed by atoms with E-state index in [1.165, 1.54) is 0 Å². The predicted octanol–water partition coefficient (Wildman–Crippen LogP) is 0.743. The Morgan fingerprint density at radius 3 is 2.65 bits per heavy atom. The van der Waals surface area contributed by atoms with Gasteiger partial charge in [0.15, 0.2) is 0 Å². The monoisotopic (exact) mass is 320 g/mol. The van der Waals surface area contributed by atoms with Gasteiger partial charge in [-0.15, -0.1) is 0 Å². The molecule has 1 saturated heterocycles. The van der Waals surface area contributed by atoms with Gasteiger partial charge in [-0.05, 0) is 20.8 Å². The van der Waals surface area contributed by atoms with Crippen LogP contribution in [-0.4, -0.2) is 52.7 Å². The lowest BCUT2D eigenvalue weighted by atomic mass is 9.95. The van der Waals surface area contributed by atoms with Gasteiger partial charge >= 0.3 is 0 Å². The van der Waals surface area contributed by atoms with Crippen molar-refractivity contribution in [3.05, 3.63) is 17.0 Å². The molecule has 1 fully saturated rings. The number of carbonyl (C=O) groups is 2. The largest absolute Gasteiger partial charge is 0.369 e. The summed E-state index contributed by atoms with van der Waals surface area (Å²) in [5.41, 5.74) is 2.54. The Morgan fingerprint density at radius 1 is 1.35 bits per heavy atom. The molecule has 7 nitrogen and oxygen atoms in total. The second-order valence-electron chi connectivity index (χ2n) is 6.34. The molecule has 7 heteroatoms. The Kier molecular flexibility index (Phi) is 4.14. The van der Waals surface area contributed by atoms with Crippen LogP contribution in [0.15, 0.2) is 0 Å². The number of rotatable bonds is 3. The van der Waals surface area contributed by atoms with Crippen molar-refractivity contribution < 1.29 is 14.3 Å². The van der Waals surface area contributed by atoms with Crippen molar-refractivity contribution in [1.82, 2.24) is 20.0 Å². The minimum Gasteiger partial charge on any atom is -0.369 e. The van der Waals surface area contributed by atoms with Crippen molar-refractivity contribution in [1.29, 1.82) is 0 Å². The molecule has 126 valence electrons. The van der Waals surface area contributed by atoms with Crippen molar-refractivity contribution in [2.75, 3.05) is 20.1 Å². The van der Waals surface area contributed by atoms with Crippen LogP contribution in [0, 0.1) is 5.92 Å². The highest BCUT2D eigenvalue weighted by Gasteiger charge is 2.39. The van der Waals surface area contributed by atoms with Crippen LogP contribution in [0.25, 0.3) is 0 Å². The Bertz CT molecular complexity index is 634. The van der Waals surface area contributed by atoms with Gasteiger partial charge in [0.05, 0.1) is 23.8 Å². The molecule has 23 heavy (non-hydrogen) atoms. The Labute approximate surface area is 136 Å². The number of carbonyl (C=O) groups excluding carboxylic acids is 2. The second kappa shape index (κ2) is 5.96. The molecule has 0 bridgehead atoms. The summed E-state index contributed by atoms with van der Waals surface area (Å²) in [5.74, 6) is -0.128. The number of nitrogens with zero attached hydrogens (tertiary/aromatic N) is 3. The van der Waals surface area contributed by atoms with Crippen LogP contribution in [0.3, 0.4) is 0 Å². The minimum atomic E-state index is -0.0982. The van der Waals surface area contributed by atoms with Crippen LogP contribution in [-0.2, 0) is 22.5 Å². The zero-order valence-electron chi connectivity index (χ0n) is 14.1. The van der Waals surface area contributed by atoms with E-state index in [0.29, 0.717) is 31.7 Å². The Morgan fingerprint density at radius 2 is 2.04 bits per heavy atom. The van der Waals surface area contributed by atoms with Gasteiger partial charge in [-0.3, -0.25) is 14.3 Å². The maximum Gasteiger partial charge on any atom is 0.272 e. The number of ether oxygens (including phenoxy) is 1. The van der Waals surface area contributed by atoms with Crippen LogP contribution in [0.1, 0.15) is 48.6 Å². The van der Waals surface area contributed by atoms with Crippen LogP contribution in [0.2, 0.25) is 0 Å². The van der Waals surface area contributed by atoms with E-state index in [0.717, 1.165) is 11.3 Å². The van der Waals surface area contributed by atoms with Crippen molar-refractivity contribution in [3.63, 3.8) is 0 Å². The van der Waals surface area contributed by atoms with Gasteiger partial charge in [-0.1, -0.05) is 0 Å². The average molecular weight is 320 g/mol. The van der Waals surface area contributed by atoms with Crippen molar-refractivity contribution in [2.24, 2.45) is 5.92 Å². The van der Waals surface area contributed by atoms with Crippen molar-refractivity contribution in [2.45, 2.75) is 45.9 Å². The highest BCUT2D eigenvalue weighted by atomic mass is 16.5. The van der Waals surface area contributed by atoms with Gasteiger partial charge in [0.1, 0.15) is 5.69 Å². The van der Waals surface area contributed by atoms with Gasteiger partial charge in [-0.2, -0.15) is 5.10 Å². The molecule has 0 aromatic carbocycles. The summed E-state index contributed by atoms with van der Waals surface area (Å²) >= 11 is 0. The molecule has 0 unspecified atom stereocenters. The Hall–Kier alpha value is -1.89. The number of aryl methyl sites for hydroxylation is 1. The van der Waals surface area contributed by atoms with E-state index < -0.39 is 0 Å². The van der Waals surface area contributed by atoms with E-state index in [9.17, 15) is 9.59 Å². The summed E-state index contributed by atoms with van der Waals surface area (Å²) in [5, 5.41) is 7.22. The molecule has 2 atom stereocenters. The van der Waals surface area contributed by atoms with E-state index in [4.69, 9.17) is 4.74 Å². The van der Waals surface area contributed by atoms with Gasteiger partial charge in [0.25, 0.3) is 5.91 Å². The molecule has 2 aliphatic heterocycles. The van der Waals surface area contributed by atoms with Gasteiger partial charge in [0.2, 0.25) is 5.91 Å². The summed E-state index contributed by atoms with van der Waals surface area (Å²) in [4.78, 5) is 26.2. The lowest BCUT2D eigenvalue weighted by Gasteiger charge is -2.38. The number of likely N-dealkylation sites (tertiary alicyclic amines) is 1. The maximum absolute atomic E-state index is 12.9. The summed E-state index contributed by atoms with van der Waals surface area (Å²) < 4.78 is 7.59. The van der Waals surface area contributed by atoms with Gasteiger partial charge < -0.3 is 15.0 Å². The number of amides is 2. The van der Waals surface area contributed by atoms with E-state index in [2.05, 4.69) is 10.4 Å². The fourth-order valence-electron chi connectivity index (χ4n) is 3.43. The molecule has 0 radical (unpaired) electrons.